The second kappa shape index (κ2) is 6.73. The van der Waals surface area contributed by atoms with Crippen LogP contribution in [-0.2, 0) is 10.3 Å². The molecule has 0 unspecified atom stereocenters. The summed E-state index contributed by atoms with van der Waals surface area (Å²) in [5.74, 6) is -2.41. The molecule has 1 aromatic carbocycles. The Hall–Kier alpha value is -3.07. The minimum atomic E-state index is -1.63. The van der Waals surface area contributed by atoms with Gasteiger partial charge in [-0.05, 0) is 24.6 Å². The van der Waals surface area contributed by atoms with Crippen LogP contribution in [0.15, 0.2) is 41.7 Å². The number of aromatic nitrogens is 2. The van der Waals surface area contributed by atoms with Gasteiger partial charge >= 0.3 is 0 Å². The Morgan fingerprint density at radius 2 is 2.10 bits per heavy atom. The Bertz CT molecular complexity index is 1210. The second-order valence-electron chi connectivity index (χ2n) is 7.34. The number of nitrogens with zero attached hydrogens (tertiary/aromatic N) is 3. The second-order valence-corrected chi connectivity index (χ2v) is 7.77. The summed E-state index contributed by atoms with van der Waals surface area (Å²) in [7, 11) is 0. The van der Waals surface area contributed by atoms with Gasteiger partial charge in [0, 0.05) is 41.0 Å². The van der Waals surface area contributed by atoms with Gasteiger partial charge in [-0.1, -0.05) is 11.6 Å². The molecule has 0 amide bonds. The number of halogens is 4. The molecule has 0 saturated heterocycles. The first kappa shape index (κ1) is 18.9. The number of pyridine rings is 2. The highest BCUT2D eigenvalue weighted by molar-refractivity contribution is 6.31. The quantitative estimate of drug-likeness (QED) is 0.644. The summed E-state index contributed by atoms with van der Waals surface area (Å²) < 4.78 is 48.8. The topological polar surface area (TPSA) is 85.4 Å². The largest absolute Gasteiger partial charge is 0.462 e. The molecule has 2 aliphatic rings. The molecule has 3 atom stereocenters. The van der Waals surface area contributed by atoms with E-state index in [1.54, 1.807) is 12.1 Å². The average Bonchev–Trinajstić information content (AvgIpc) is 3.49. The molecule has 3 aromatic rings. The van der Waals surface area contributed by atoms with Crippen molar-refractivity contribution in [2.75, 3.05) is 12.0 Å². The fraction of sp³-hybridized carbons (Fsp3) is 0.250. The highest BCUT2D eigenvalue weighted by Gasteiger charge is 2.60. The van der Waals surface area contributed by atoms with E-state index in [0.717, 1.165) is 6.07 Å². The fourth-order valence-corrected chi connectivity index (χ4v) is 4.13. The summed E-state index contributed by atoms with van der Waals surface area (Å²) in [6.45, 7) is -1.04. The summed E-state index contributed by atoms with van der Waals surface area (Å²) >= 11 is 5.97. The minimum absolute atomic E-state index is 0.172. The number of rotatable bonds is 4. The van der Waals surface area contributed by atoms with Crippen LogP contribution >= 0.6 is 11.6 Å². The molecule has 2 aromatic heterocycles. The number of alkyl halides is 1. The summed E-state index contributed by atoms with van der Waals surface area (Å²) in [4.78, 5) is 12.5. The van der Waals surface area contributed by atoms with Gasteiger partial charge in [0.05, 0.1) is 5.02 Å². The Balaban J connectivity index is 1.61. The number of hydrogen-bond donors (Lipinski definition) is 2. The van der Waals surface area contributed by atoms with E-state index in [-0.39, 0.29) is 23.4 Å². The normalized spacial score (nSPS) is 24.7. The van der Waals surface area contributed by atoms with Gasteiger partial charge in [0.1, 0.15) is 23.8 Å². The lowest BCUT2D eigenvalue weighted by atomic mass is 9.85. The lowest BCUT2D eigenvalue weighted by molar-refractivity contribution is 0.167. The van der Waals surface area contributed by atoms with E-state index in [0.29, 0.717) is 28.2 Å². The first-order valence-corrected chi connectivity index (χ1v) is 9.54. The summed E-state index contributed by atoms with van der Waals surface area (Å²) in [5.41, 5.74) is 4.48. The van der Waals surface area contributed by atoms with Crippen molar-refractivity contribution in [2.24, 2.45) is 16.6 Å². The molecule has 1 fully saturated rings. The number of nitrogens with two attached hydrogens (primary N) is 1. The summed E-state index contributed by atoms with van der Waals surface area (Å²) in [6.07, 6.45) is 3.09. The number of benzene rings is 1. The summed E-state index contributed by atoms with van der Waals surface area (Å²) in [6, 6.07) is 5.49. The molecule has 0 spiro atoms. The van der Waals surface area contributed by atoms with Crippen molar-refractivity contribution in [1.82, 2.24) is 9.97 Å². The molecule has 3 N–H and O–H groups in total. The number of nitrogens with one attached hydrogen (secondary N) is 1. The predicted molar refractivity (Wildman–Crippen MR) is 106 cm³/mol. The molecule has 0 bridgehead atoms. The molecule has 10 heteroatoms. The van der Waals surface area contributed by atoms with Crippen LogP contribution in [0.2, 0.25) is 5.02 Å². The predicted octanol–water partition coefficient (Wildman–Crippen LogP) is 4.20. The first-order valence-electron chi connectivity index (χ1n) is 9.16. The van der Waals surface area contributed by atoms with E-state index in [1.807, 2.05) is 0 Å². The van der Waals surface area contributed by atoms with Crippen molar-refractivity contribution < 1.29 is 17.9 Å². The number of ether oxygens (including phenoxy) is 1. The van der Waals surface area contributed by atoms with Crippen molar-refractivity contribution >= 4 is 40.0 Å². The molecule has 1 aliphatic heterocycles. The molecular weight excluding hydrogens is 419 g/mol. The van der Waals surface area contributed by atoms with Crippen molar-refractivity contribution in [3.63, 3.8) is 0 Å². The Morgan fingerprint density at radius 3 is 2.90 bits per heavy atom. The van der Waals surface area contributed by atoms with Gasteiger partial charge in [-0.15, -0.1) is 0 Å². The molecule has 30 heavy (non-hydrogen) atoms. The van der Waals surface area contributed by atoms with Crippen LogP contribution in [0, 0.1) is 17.6 Å². The molecular formula is C20H15ClF3N5O. The maximum atomic E-state index is 14.8. The lowest BCUT2D eigenvalue weighted by Crippen LogP contribution is -2.40. The Labute approximate surface area is 173 Å². The molecule has 1 aliphatic carbocycles. The van der Waals surface area contributed by atoms with Crippen molar-refractivity contribution in [2.45, 2.75) is 18.1 Å². The van der Waals surface area contributed by atoms with Crippen molar-refractivity contribution in [3.05, 3.63) is 58.9 Å². The zero-order chi connectivity index (χ0) is 21.0. The number of anilines is 2. The average molecular weight is 434 g/mol. The van der Waals surface area contributed by atoms with E-state index in [4.69, 9.17) is 22.1 Å². The first-order chi connectivity index (χ1) is 14.4. The molecule has 154 valence electrons. The van der Waals surface area contributed by atoms with Crippen LogP contribution in [0.25, 0.3) is 10.9 Å². The van der Waals surface area contributed by atoms with E-state index in [2.05, 4.69) is 20.3 Å². The van der Waals surface area contributed by atoms with Crippen LogP contribution in [0.1, 0.15) is 12.0 Å². The maximum absolute atomic E-state index is 14.8. The van der Waals surface area contributed by atoms with Gasteiger partial charge in [0.2, 0.25) is 0 Å². The molecule has 3 heterocycles. The number of hydrogen-bond acceptors (Lipinski definition) is 6. The lowest BCUT2D eigenvalue weighted by Gasteiger charge is -2.31. The van der Waals surface area contributed by atoms with Crippen LogP contribution in [-0.4, -0.2) is 28.8 Å². The maximum Gasteiger partial charge on any atom is 0.283 e. The van der Waals surface area contributed by atoms with Crippen LogP contribution in [0.3, 0.4) is 0 Å². The van der Waals surface area contributed by atoms with Crippen LogP contribution < -0.4 is 11.1 Å². The third-order valence-electron chi connectivity index (χ3n) is 5.45. The fourth-order valence-electron chi connectivity index (χ4n) is 3.96. The van der Waals surface area contributed by atoms with Gasteiger partial charge in [-0.25, -0.2) is 23.1 Å². The monoisotopic (exact) mass is 433 g/mol. The number of fused-ring (bicyclic) bond motifs is 2. The smallest absolute Gasteiger partial charge is 0.283 e. The van der Waals surface area contributed by atoms with E-state index < -0.39 is 29.8 Å². The molecule has 0 radical (unpaired) electrons. The zero-order valence-corrected chi connectivity index (χ0v) is 16.1. The number of aliphatic imine (C=N–C) groups is 1. The van der Waals surface area contributed by atoms with Gasteiger partial charge in [-0.2, -0.15) is 0 Å². The van der Waals surface area contributed by atoms with E-state index in [1.165, 1.54) is 18.5 Å². The molecule has 5 rings (SSSR count). The van der Waals surface area contributed by atoms with E-state index in [9.17, 15) is 13.2 Å². The molecule has 1 saturated carbocycles. The standard InChI is InChI=1S/C20H15ClF3N5O/c21-10-3-9-1-2-26-18(17(9)27-7-10)28-11-4-13(16(24)14(23)5-11)20(8-22)12-6-15(12)30-19(25)29-20/h1-5,7,12,15H,6,8H2,(H2,25,29)(H,26,28)/t12-,15+,20-/m0/s1. The van der Waals surface area contributed by atoms with Crippen LogP contribution in [0.4, 0.5) is 24.7 Å². The SMILES string of the molecule is NC1=N[C@](CF)(c2cc(Nc3nccc4cc(Cl)cnc34)cc(F)c2F)[C@H]2C[C@H]2O1. The zero-order valence-electron chi connectivity index (χ0n) is 15.4. The highest BCUT2D eigenvalue weighted by Crippen LogP contribution is 2.54. The highest BCUT2D eigenvalue weighted by atomic mass is 35.5. The Kier molecular flexibility index (Phi) is 4.25. The van der Waals surface area contributed by atoms with Crippen molar-refractivity contribution in [1.29, 1.82) is 0 Å². The Morgan fingerprint density at radius 1 is 1.27 bits per heavy atom. The van der Waals surface area contributed by atoms with Gasteiger partial charge in [0.15, 0.2) is 17.5 Å². The minimum Gasteiger partial charge on any atom is -0.462 e. The van der Waals surface area contributed by atoms with Crippen molar-refractivity contribution in [3.8, 4) is 0 Å². The van der Waals surface area contributed by atoms with E-state index >= 15 is 0 Å². The molecule has 6 nitrogen and oxygen atoms in total. The number of amidine groups is 1. The van der Waals surface area contributed by atoms with Gasteiger partial charge in [0.25, 0.3) is 6.02 Å². The third kappa shape index (κ3) is 2.92. The summed E-state index contributed by atoms with van der Waals surface area (Å²) in [5, 5.41) is 4.10. The van der Waals surface area contributed by atoms with Crippen LogP contribution in [0.5, 0.6) is 0 Å². The van der Waals surface area contributed by atoms with Gasteiger partial charge in [-0.3, -0.25) is 4.98 Å². The van der Waals surface area contributed by atoms with Gasteiger partial charge < -0.3 is 15.8 Å². The third-order valence-corrected chi connectivity index (χ3v) is 5.66.